The molecule has 2 N–H and O–H groups in total. The van der Waals surface area contributed by atoms with Gasteiger partial charge < -0.3 is 5.73 Å². The van der Waals surface area contributed by atoms with Crippen LogP contribution in [-0.2, 0) is 0 Å². The van der Waals surface area contributed by atoms with Gasteiger partial charge in [0.1, 0.15) is 5.82 Å². The number of nitrogens with zero attached hydrogens (tertiary/aromatic N) is 1. The highest BCUT2D eigenvalue weighted by atomic mass is 32.2. The minimum atomic E-state index is -0.508. The van der Waals surface area contributed by atoms with Crippen LogP contribution in [0, 0.1) is 15.9 Å². The van der Waals surface area contributed by atoms with Gasteiger partial charge in [0.05, 0.1) is 4.92 Å². The highest BCUT2D eigenvalue weighted by molar-refractivity contribution is 7.99. The number of rotatable bonds is 3. The van der Waals surface area contributed by atoms with E-state index in [0.717, 1.165) is 0 Å². The second-order valence-electron chi connectivity index (χ2n) is 3.58. The number of anilines is 1. The first-order valence-electron chi connectivity index (χ1n) is 5.03. The number of nitrogens with two attached hydrogens (primary N) is 1. The molecule has 0 saturated carbocycles. The van der Waals surface area contributed by atoms with E-state index < -0.39 is 4.92 Å². The lowest BCUT2D eigenvalue weighted by Gasteiger charge is -2.03. The Labute approximate surface area is 107 Å². The first-order valence-corrected chi connectivity index (χ1v) is 5.84. The number of benzene rings is 2. The minimum absolute atomic E-state index is 0.0751. The number of nitro benzene ring substituents is 1. The fourth-order valence-electron chi connectivity index (χ4n) is 1.44. The van der Waals surface area contributed by atoms with E-state index in [9.17, 15) is 14.5 Å². The SMILES string of the molecule is Nc1cc(Sc2cccc(F)c2)cc([N+](=O)[O-])c1. The van der Waals surface area contributed by atoms with Crippen LogP contribution >= 0.6 is 11.8 Å². The predicted octanol–water partition coefficient (Wildman–Crippen LogP) is 3.47. The van der Waals surface area contributed by atoms with Crippen molar-refractivity contribution in [2.24, 2.45) is 0 Å². The van der Waals surface area contributed by atoms with E-state index in [0.29, 0.717) is 15.5 Å². The molecular weight excluding hydrogens is 255 g/mol. The molecule has 0 aliphatic rings. The Balaban J connectivity index is 2.31. The molecular formula is C12H9FN2O2S. The molecule has 2 aromatic rings. The smallest absolute Gasteiger partial charge is 0.272 e. The van der Waals surface area contributed by atoms with Gasteiger partial charge in [-0.1, -0.05) is 17.8 Å². The van der Waals surface area contributed by atoms with Gasteiger partial charge >= 0.3 is 0 Å². The first-order chi connectivity index (χ1) is 8.54. The third kappa shape index (κ3) is 2.98. The second-order valence-corrected chi connectivity index (χ2v) is 4.72. The maximum atomic E-state index is 13.0. The Morgan fingerprint density at radius 2 is 1.94 bits per heavy atom. The quantitative estimate of drug-likeness (QED) is 0.523. The fraction of sp³-hybridized carbons (Fsp3) is 0. The van der Waals surface area contributed by atoms with Crippen LogP contribution in [0.5, 0.6) is 0 Å². The number of hydrogen-bond acceptors (Lipinski definition) is 4. The summed E-state index contributed by atoms with van der Waals surface area (Å²) in [6.07, 6.45) is 0. The summed E-state index contributed by atoms with van der Waals surface area (Å²) in [6, 6.07) is 10.3. The largest absolute Gasteiger partial charge is 0.398 e. The van der Waals surface area contributed by atoms with Crippen molar-refractivity contribution in [2.75, 3.05) is 5.73 Å². The molecule has 0 amide bonds. The second kappa shape index (κ2) is 5.05. The van der Waals surface area contributed by atoms with E-state index >= 15 is 0 Å². The molecule has 0 aliphatic heterocycles. The normalized spacial score (nSPS) is 10.3. The van der Waals surface area contributed by atoms with E-state index in [1.165, 1.54) is 36.0 Å². The summed E-state index contributed by atoms with van der Waals surface area (Å²) in [7, 11) is 0. The van der Waals surface area contributed by atoms with Gasteiger partial charge in [0.15, 0.2) is 0 Å². The molecule has 0 bridgehead atoms. The van der Waals surface area contributed by atoms with E-state index in [1.807, 2.05) is 0 Å². The summed E-state index contributed by atoms with van der Waals surface area (Å²) in [4.78, 5) is 11.5. The summed E-state index contributed by atoms with van der Waals surface area (Å²) in [5.41, 5.74) is 5.82. The monoisotopic (exact) mass is 264 g/mol. The molecule has 92 valence electrons. The highest BCUT2D eigenvalue weighted by Crippen LogP contribution is 2.32. The van der Waals surface area contributed by atoms with Crippen LogP contribution < -0.4 is 5.73 Å². The summed E-state index contributed by atoms with van der Waals surface area (Å²) in [5.74, 6) is -0.349. The zero-order valence-electron chi connectivity index (χ0n) is 9.17. The number of nitro groups is 1. The molecule has 0 heterocycles. The number of hydrogen-bond donors (Lipinski definition) is 1. The van der Waals surface area contributed by atoms with Crippen LogP contribution in [0.15, 0.2) is 52.3 Å². The molecule has 0 atom stereocenters. The summed E-state index contributed by atoms with van der Waals surface area (Å²) in [5, 5.41) is 10.7. The van der Waals surface area contributed by atoms with Crippen LogP contribution in [0.3, 0.4) is 0 Å². The Hall–Kier alpha value is -2.08. The Morgan fingerprint density at radius 1 is 1.17 bits per heavy atom. The molecule has 0 saturated heterocycles. The zero-order valence-corrected chi connectivity index (χ0v) is 9.99. The van der Waals surface area contributed by atoms with Gasteiger partial charge in [0, 0.05) is 27.6 Å². The molecule has 6 heteroatoms. The number of halogens is 1. The molecule has 0 radical (unpaired) electrons. The third-order valence-corrected chi connectivity index (χ3v) is 3.12. The molecule has 0 spiro atoms. The zero-order chi connectivity index (χ0) is 13.1. The molecule has 0 aromatic heterocycles. The average molecular weight is 264 g/mol. The summed E-state index contributed by atoms with van der Waals surface area (Å²) < 4.78 is 13.0. The summed E-state index contributed by atoms with van der Waals surface area (Å²) in [6.45, 7) is 0. The predicted molar refractivity (Wildman–Crippen MR) is 68.0 cm³/mol. The average Bonchev–Trinajstić information content (AvgIpc) is 2.28. The summed E-state index contributed by atoms with van der Waals surface area (Å²) >= 11 is 1.22. The van der Waals surface area contributed by atoms with Gasteiger partial charge in [-0.25, -0.2) is 4.39 Å². The van der Waals surface area contributed by atoms with E-state index in [1.54, 1.807) is 18.2 Å². The molecule has 2 aromatic carbocycles. The standard InChI is InChI=1S/C12H9FN2O2S/c13-8-2-1-3-11(4-8)18-12-6-9(14)5-10(7-12)15(16)17/h1-7H,14H2. The maximum Gasteiger partial charge on any atom is 0.272 e. The molecule has 0 fully saturated rings. The van der Waals surface area contributed by atoms with Gasteiger partial charge in [0.25, 0.3) is 5.69 Å². The van der Waals surface area contributed by atoms with Gasteiger partial charge in [0.2, 0.25) is 0 Å². The van der Waals surface area contributed by atoms with Crippen molar-refractivity contribution in [3.63, 3.8) is 0 Å². The lowest BCUT2D eigenvalue weighted by molar-refractivity contribution is -0.385. The molecule has 18 heavy (non-hydrogen) atoms. The van der Waals surface area contributed by atoms with Crippen molar-refractivity contribution in [1.29, 1.82) is 0 Å². The lowest BCUT2D eigenvalue weighted by atomic mass is 10.3. The Bertz CT molecular complexity index is 604. The van der Waals surface area contributed by atoms with Gasteiger partial charge in [-0.2, -0.15) is 0 Å². The van der Waals surface area contributed by atoms with E-state index in [-0.39, 0.29) is 11.5 Å². The van der Waals surface area contributed by atoms with Crippen LogP contribution in [0.1, 0.15) is 0 Å². The highest BCUT2D eigenvalue weighted by Gasteiger charge is 2.09. The van der Waals surface area contributed by atoms with E-state index in [4.69, 9.17) is 5.73 Å². The van der Waals surface area contributed by atoms with Gasteiger partial charge in [-0.15, -0.1) is 0 Å². The molecule has 0 aliphatic carbocycles. The van der Waals surface area contributed by atoms with Crippen molar-refractivity contribution in [1.82, 2.24) is 0 Å². The van der Waals surface area contributed by atoms with E-state index in [2.05, 4.69) is 0 Å². The number of nitrogen functional groups attached to an aromatic ring is 1. The third-order valence-electron chi connectivity index (χ3n) is 2.16. The lowest BCUT2D eigenvalue weighted by Crippen LogP contribution is -1.92. The molecule has 0 unspecified atom stereocenters. The maximum absolute atomic E-state index is 13.0. The van der Waals surface area contributed by atoms with Crippen LogP contribution in [0.2, 0.25) is 0 Å². The van der Waals surface area contributed by atoms with Crippen molar-refractivity contribution in [3.8, 4) is 0 Å². The molecule has 4 nitrogen and oxygen atoms in total. The topological polar surface area (TPSA) is 69.2 Å². The number of non-ortho nitro benzene ring substituents is 1. The Kier molecular flexibility index (Phi) is 3.47. The fourth-order valence-corrected chi connectivity index (χ4v) is 2.40. The minimum Gasteiger partial charge on any atom is -0.398 e. The van der Waals surface area contributed by atoms with Crippen molar-refractivity contribution < 1.29 is 9.31 Å². The molecule has 2 rings (SSSR count). The van der Waals surface area contributed by atoms with Gasteiger partial charge in [-0.05, 0) is 24.3 Å². The van der Waals surface area contributed by atoms with Crippen molar-refractivity contribution >= 4 is 23.1 Å². The van der Waals surface area contributed by atoms with Crippen LogP contribution in [-0.4, -0.2) is 4.92 Å². The van der Waals surface area contributed by atoms with Crippen molar-refractivity contribution in [2.45, 2.75) is 9.79 Å². The van der Waals surface area contributed by atoms with Crippen molar-refractivity contribution in [3.05, 3.63) is 58.4 Å². The van der Waals surface area contributed by atoms with Crippen LogP contribution in [0.4, 0.5) is 15.8 Å². The van der Waals surface area contributed by atoms with Crippen LogP contribution in [0.25, 0.3) is 0 Å². The Morgan fingerprint density at radius 3 is 2.61 bits per heavy atom. The first kappa shape index (κ1) is 12.4. The van der Waals surface area contributed by atoms with Gasteiger partial charge in [-0.3, -0.25) is 10.1 Å².